The number of hydrogen-bond donors (Lipinski definition) is 2. The molecule has 4 rings (SSSR count). The lowest BCUT2D eigenvalue weighted by Crippen LogP contribution is -2.33. The van der Waals surface area contributed by atoms with E-state index in [-0.39, 0.29) is 24.1 Å². The number of aliphatic imine (C=N–C) groups is 1. The number of hydrogen-bond acceptors (Lipinski definition) is 5. The molecule has 0 aromatic heterocycles. The molecule has 2 aliphatic rings. The second-order valence-electron chi connectivity index (χ2n) is 8.95. The number of piperidine rings is 1. The number of benzene rings is 2. The van der Waals surface area contributed by atoms with E-state index in [2.05, 4.69) is 34.4 Å². The summed E-state index contributed by atoms with van der Waals surface area (Å²) in [5.41, 5.74) is 3.02. The molecule has 2 N–H and O–H groups in total. The third kappa shape index (κ3) is 6.05. The first-order valence-corrected chi connectivity index (χ1v) is 12.6. The van der Waals surface area contributed by atoms with Gasteiger partial charge in [-0.1, -0.05) is 37.7 Å². The van der Waals surface area contributed by atoms with Gasteiger partial charge < -0.3 is 15.5 Å². The highest BCUT2D eigenvalue weighted by molar-refractivity contribution is 8.15. The fraction of sp³-hybridized carbons (Fsp3) is 0.385. The van der Waals surface area contributed by atoms with E-state index in [0.717, 1.165) is 36.8 Å². The van der Waals surface area contributed by atoms with E-state index in [1.807, 2.05) is 24.3 Å². The summed E-state index contributed by atoms with van der Waals surface area (Å²) in [6.07, 6.45) is 3.49. The van der Waals surface area contributed by atoms with Crippen LogP contribution in [-0.2, 0) is 9.59 Å². The maximum absolute atomic E-state index is 12.5. The van der Waals surface area contributed by atoms with Crippen molar-refractivity contribution >= 4 is 46.0 Å². The summed E-state index contributed by atoms with van der Waals surface area (Å²) in [5.74, 6) is -0.273. The molecule has 1 unspecified atom stereocenters. The van der Waals surface area contributed by atoms with Crippen LogP contribution < -0.4 is 10.6 Å². The predicted molar refractivity (Wildman–Crippen MR) is 137 cm³/mol. The molecule has 0 saturated carbocycles. The van der Waals surface area contributed by atoms with Gasteiger partial charge in [-0.25, -0.2) is 0 Å². The molecule has 2 heterocycles. The van der Waals surface area contributed by atoms with E-state index in [0.29, 0.717) is 17.2 Å². The molecule has 2 aromatic carbocycles. The Hall–Kier alpha value is -3.13. The minimum absolute atomic E-state index is 0.0684. The van der Waals surface area contributed by atoms with Gasteiger partial charge in [-0.05, 0) is 67.1 Å². The van der Waals surface area contributed by atoms with Crippen molar-refractivity contribution in [3.63, 3.8) is 0 Å². The Labute approximate surface area is 204 Å². The monoisotopic (exact) mass is 478 g/mol. The third-order valence-corrected chi connectivity index (χ3v) is 7.21. The number of carbonyl (C=O) groups excluding carboxylic acids is 3. The molecule has 0 radical (unpaired) electrons. The average Bonchev–Trinajstić information content (AvgIpc) is 3.20. The van der Waals surface area contributed by atoms with Gasteiger partial charge in [-0.2, -0.15) is 4.99 Å². The van der Waals surface area contributed by atoms with Crippen molar-refractivity contribution in [1.82, 2.24) is 4.90 Å². The van der Waals surface area contributed by atoms with Gasteiger partial charge >= 0.3 is 0 Å². The fourth-order valence-corrected chi connectivity index (χ4v) is 5.09. The van der Waals surface area contributed by atoms with Crippen molar-refractivity contribution in [2.24, 2.45) is 4.99 Å². The van der Waals surface area contributed by atoms with Gasteiger partial charge in [0.25, 0.3) is 11.8 Å². The lowest BCUT2D eigenvalue weighted by Gasteiger charge is -2.27. The minimum atomic E-state index is -0.482. The molecular formula is C26H30N4O3S. The highest BCUT2D eigenvalue weighted by Crippen LogP contribution is 2.29. The minimum Gasteiger partial charge on any atom is -0.351 e. The van der Waals surface area contributed by atoms with Crippen LogP contribution in [0.1, 0.15) is 61.4 Å². The zero-order valence-corrected chi connectivity index (χ0v) is 20.4. The van der Waals surface area contributed by atoms with Crippen LogP contribution in [0.5, 0.6) is 0 Å². The van der Waals surface area contributed by atoms with Crippen LogP contribution in [0.2, 0.25) is 0 Å². The van der Waals surface area contributed by atoms with Crippen LogP contribution in [0.3, 0.4) is 0 Å². The van der Waals surface area contributed by atoms with Crippen molar-refractivity contribution in [3.8, 4) is 0 Å². The van der Waals surface area contributed by atoms with E-state index in [1.54, 1.807) is 24.3 Å². The topological polar surface area (TPSA) is 90.9 Å². The molecule has 8 heteroatoms. The first-order chi connectivity index (χ1) is 16.4. The highest BCUT2D eigenvalue weighted by atomic mass is 32.2. The zero-order valence-electron chi connectivity index (χ0n) is 19.5. The van der Waals surface area contributed by atoms with Crippen molar-refractivity contribution in [2.45, 2.75) is 50.7 Å². The summed E-state index contributed by atoms with van der Waals surface area (Å²) >= 11 is 1.39. The Kier molecular flexibility index (Phi) is 7.67. The number of likely N-dealkylation sites (tertiary alicyclic amines) is 1. The Morgan fingerprint density at radius 3 is 2.24 bits per heavy atom. The summed E-state index contributed by atoms with van der Waals surface area (Å²) < 4.78 is 0. The molecule has 0 aliphatic carbocycles. The van der Waals surface area contributed by atoms with Crippen molar-refractivity contribution in [3.05, 3.63) is 59.7 Å². The van der Waals surface area contributed by atoms with E-state index in [1.165, 1.54) is 23.7 Å². The molecule has 7 nitrogen and oxygen atoms in total. The maximum atomic E-state index is 12.5. The number of thioether (sulfide) groups is 1. The van der Waals surface area contributed by atoms with Crippen molar-refractivity contribution < 1.29 is 14.4 Å². The van der Waals surface area contributed by atoms with Crippen LogP contribution in [0.4, 0.5) is 11.4 Å². The molecule has 3 amide bonds. The lowest BCUT2D eigenvalue weighted by atomic mass is 10.0. The predicted octanol–water partition coefficient (Wildman–Crippen LogP) is 4.87. The Morgan fingerprint density at radius 1 is 0.971 bits per heavy atom. The van der Waals surface area contributed by atoms with Gasteiger partial charge in [0.15, 0.2) is 5.17 Å². The number of nitrogens with one attached hydrogen (secondary N) is 2. The molecule has 1 fully saturated rings. The third-order valence-electron chi connectivity index (χ3n) is 5.99. The summed E-state index contributed by atoms with van der Waals surface area (Å²) in [7, 11) is 0. The van der Waals surface area contributed by atoms with Crippen LogP contribution in [0.15, 0.2) is 53.5 Å². The van der Waals surface area contributed by atoms with E-state index in [4.69, 9.17) is 0 Å². The van der Waals surface area contributed by atoms with Crippen molar-refractivity contribution in [2.75, 3.05) is 23.7 Å². The maximum Gasteiger partial charge on any atom is 0.262 e. The van der Waals surface area contributed by atoms with Crippen LogP contribution in [0.25, 0.3) is 0 Å². The molecule has 2 aliphatic heterocycles. The molecule has 34 heavy (non-hydrogen) atoms. The van der Waals surface area contributed by atoms with Crippen LogP contribution in [-0.4, -0.2) is 46.1 Å². The average molecular weight is 479 g/mol. The number of amides is 3. The Balaban J connectivity index is 1.27. The number of nitrogens with zero attached hydrogens (tertiary/aromatic N) is 2. The first-order valence-electron chi connectivity index (χ1n) is 11.7. The van der Waals surface area contributed by atoms with Gasteiger partial charge in [-0.15, -0.1) is 0 Å². The molecular weight excluding hydrogens is 448 g/mol. The Morgan fingerprint density at radius 2 is 1.59 bits per heavy atom. The molecule has 1 saturated heterocycles. The molecule has 2 aromatic rings. The van der Waals surface area contributed by atoms with Crippen molar-refractivity contribution in [1.29, 1.82) is 0 Å². The quantitative estimate of drug-likeness (QED) is 0.618. The molecule has 0 spiro atoms. The van der Waals surface area contributed by atoms with Crippen LogP contribution in [0, 0.1) is 0 Å². The summed E-state index contributed by atoms with van der Waals surface area (Å²) in [6.45, 7) is 6.08. The van der Waals surface area contributed by atoms with Gasteiger partial charge in [0, 0.05) is 36.4 Å². The van der Waals surface area contributed by atoms with Gasteiger partial charge in [0.1, 0.15) is 5.25 Å². The van der Waals surface area contributed by atoms with E-state index in [9.17, 15) is 14.4 Å². The lowest BCUT2D eigenvalue weighted by molar-refractivity contribution is -0.121. The number of amidine groups is 1. The second-order valence-corrected chi connectivity index (χ2v) is 10.1. The summed E-state index contributed by atoms with van der Waals surface area (Å²) in [6, 6.07) is 14.5. The standard InChI is InChI=1S/C26H30N4O3S/c1-17(2)18-6-10-21(11-7-18)28-24(32)19-8-12-20(13-9-19)27-23(31)16-22-25(33)29-26(34-22)30-14-4-3-5-15-30/h6-13,17,22H,3-5,14-16H2,1-2H3,(H,27,31)(H,28,32). The van der Waals surface area contributed by atoms with Gasteiger partial charge in [0.2, 0.25) is 5.91 Å². The smallest absolute Gasteiger partial charge is 0.262 e. The normalized spacial score (nSPS) is 18.1. The molecule has 1 atom stereocenters. The summed E-state index contributed by atoms with van der Waals surface area (Å²) in [5, 5.41) is 5.97. The van der Waals surface area contributed by atoms with Gasteiger partial charge in [0.05, 0.1) is 0 Å². The highest BCUT2D eigenvalue weighted by Gasteiger charge is 2.33. The zero-order chi connectivity index (χ0) is 24.1. The van der Waals surface area contributed by atoms with Gasteiger partial charge in [-0.3, -0.25) is 14.4 Å². The fourth-order valence-electron chi connectivity index (χ4n) is 3.97. The molecule has 178 valence electrons. The van der Waals surface area contributed by atoms with E-state index < -0.39 is 5.25 Å². The SMILES string of the molecule is CC(C)c1ccc(NC(=O)c2ccc(NC(=O)CC3SC(N4CCCCC4)=NC3=O)cc2)cc1. The summed E-state index contributed by atoms with van der Waals surface area (Å²) in [4.78, 5) is 43.6. The molecule has 0 bridgehead atoms. The first kappa shape index (κ1) is 24.0. The number of carbonyl (C=O) groups is 3. The Bertz CT molecular complexity index is 1070. The van der Waals surface area contributed by atoms with E-state index >= 15 is 0 Å². The number of rotatable bonds is 6. The number of anilines is 2. The second kappa shape index (κ2) is 10.9. The van der Waals surface area contributed by atoms with Crippen LogP contribution >= 0.6 is 11.8 Å². The largest absolute Gasteiger partial charge is 0.351 e.